The summed E-state index contributed by atoms with van der Waals surface area (Å²) < 4.78 is 1.15. The minimum absolute atomic E-state index is 0.975. The standard InChI is InChI=1S/C7H10N.W/c1-5-7(3)8(4)6-2;/h4H,1-3H3;/q-1;. The van der Waals surface area contributed by atoms with E-state index in [0.717, 1.165) is 9.72 Å². The summed E-state index contributed by atoms with van der Waals surface area (Å²) in [6.45, 7) is 5.79. The summed E-state index contributed by atoms with van der Waals surface area (Å²) in [7, 11) is 5.59. The average molecular weight is 292 g/mol. The Morgan fingerprint density at radius 3 is 2.11 bits per heavy atom. The van der Waals surface area contributed by atoms with Crippen molar-refractivity contribution >= 4 is 4.02 Å². The van der Waals surface area contributed by atoms with E-state index in [9.17, 15) is 0 Å². The van der Waals surface area contributed by atoms with Crippen LogP contribution in [0.5, 0.6) is 0 Å². The second-order valence-electron chi connectivity index (χ2n) is 1.72. The molecule has 0 saturated carbocycles. The molecule has 0 fully saturated rings. The van der Waals surface area contributed by atoms with Gasteiger partial charge in [0, 0.05) is 0 Å². The van der Waals surface area contributed by atoms with Crippen LogP contribution in [0.2, 0.25) is 0 Å². The summed E-state index contributed by atoms with van der Waals surface area (Å²) >= 11 is 1.39. The van der Waals surface area contributed by atoms with E-state index in [4.69, 9.17) is 7.05 Å². The van der Waals surface area contributed by atoms with Crippen molar-refractivity contribution in [1.29, 1.82) is 0 Å². The van der Waals surface area contributed by atoms with Crippen molar-refractivity contribution < 1.29 is 19.4 Å². The van der Waals surface area contributed by atoms with E-state index >= 15 is 0 Å². The van der Waals surface area contributed by atoms with Gasteiger partial charge in [0.25, 0.3) is 0 Å². The summed E-state index contributed by atoms with van der Waals surface area (Å²) in [6, 6.07) is 0. The fourth-order valence-electron chi connectivity index (χ4n) is 0.357. The molecule has 0 heterocycles. The molecular formula is C7H10NW-. The van der Waals surface area contributed by atoms with Crippen molar-refractivity contribution in [3.8, 4) is 0 Å². The first-order valence-electron chi connectivity index (χ1n) is 2.66. The van der Waals surface area contributed by atoms with Crippen LogP contribution in [0, 0.1) is 13.1 Å². The molecule has 0 aromatic carbocycles. The van der Waals surface area contributed by atoms with E-state index < -0.39 is 0 Å². The molecule has 0 N–H and O–H groups in total. The Hall–Kier alpha value is 0.0983. The first kappa shape index (κ1) is 9.10. The third-order valence-electron chi connectivity index (χ3n) is 1.06. The molecule has 2 radical (unpaired) electrons. The molecule has 9 heavy (non-hydrogen) atoms. The molecule has 0 amide bonds. The molecule has 0 rings (SSSR count). The Morgan fingerprint density at radius 2 is 2.00 bits per heavy atom. The van der Waals surface area contributed by atoms with Crippen molar-refractivity contribution in [1.82, 2.24) is 4.90 Å². The molecule has 0 unspecified atom stereocenters. The molecule has 0 aromatic heterocycles. The molecule has 0 bridgehead atoms. The van der Waals surface area contributed by atoms with E-state index in [1.54, 1.807) is 4.90 Å². The van der Waals surface area contributed by atoms with Gasteiger partial charge in [-0.25, -0.2) is 0 Å². The van der Waals surface area contributed by atoms with Gasteiger partial charge in [0.1, 0.15) is 0 Å². The number of nitrogens with zero attached hydrogens (tertiary/aromatic N) is 1. The Labute approximate surface area is 68.2 Å². The monoisotopic (exact) mass is 292 g/mol. The number of hydrogen-bond acceptors (Lipinski definition) is 1. The third kappa shape index (κ3) is 2.95. The minimum atomic E-state index is 0.975. The van der Waals surface area contributed by atoms with Gasteiger partial charge < -0.3 is 0 Å². The van der Waals surface area contributed by atoms with E-state index in [2.05, 4.69) is 6.08 Å². The topological polar surface area (TPSA) is 3.24 Å². The summed E-state index contributed by atoms with van der Waals surface area (Å²) in [5, 5.41) is 0. The molecule has 0 aromatic rings. The zero-order valence-electron chi connectivity index (χ0n) is 5.93. The molecule has 0 atom stereocenters. The maximum atomic E-state index is 5.59. The van der Waals surface area contributed by atoms with Gasteiger partial charge in [-0.1, -0.05) is 0 Å². The molecule has 0 saturated heterocycles. The van der Waals surface area contributed by atoms with E-state index in [1.165, 1.54) is 19.4 Å². The van der Waals surface area contributed by atoms with Gasteiger partial charge in [-0.3, -0.25) is 0 Å². The second-order valence-corrected chi connectivity index (χ2v) is 3.85. The van der Waals surface area contributed by atoms with Crippen LogP contribution in [0.3, 0.4) is 0 Å². The molecule has 0 spiro atoms. The van der Waals surface area contributed by atoms with Gasteiger partial charge in [0.05, 0.1) is 0 Å². The Balaban J connectivity index is 4.04. The molecule has 0 aliphatic heterocycles. The van der Waals surface area contributed by atoms with Crippen LogP contribution in [-0.4, -0.2) is 8.92 Å². The second kappa shape index (κ2) is 4.00. The van der Waals surface area contributed by atoms with Gasteiger partial charge in [-0.2, -0.15) is 0 Å². The predicted octanol–water partition coefficient (Wildman–Crippen LogP) is 1.38. The van der Waals surface area contributed by atoms with Crippen LogP contribution >= 0.6 is 0 Å². The van der Waals surface area contributed by atoms with Crippen molar-refractivity contribution in [2.24, 2.45) is 0 Å². The van der Waals surface area contributed by atoms with E-state index in [1.807, 2.05) is 20.8 Å². The van der Waals surface area contributed by atoms with Crippen molar-refractivity contribution in [2.75, 3.05) is 0 Å². The summed E-state index contributed by atoms with van der Waals surface area (Å²) in [6.07, 6.45) is 2.96. The molecule has 0 aliphatic rings. The Morgan fingerprint density at radius 1 is 1.56 bits per heavy atom. The van der Waals surface area contributed by atoms with Gasteiger partial charge in [-0.15, -0.1) is 0 Å². The van der Waals surface area contributed by atoms with Crippen LogP contribution in [-0.2, 0) is 19.4 Å². The number of allylic oxidation sites excluding steroid dienone is 2. The van der Waals surface area contributed by atoms with Gasteiger partial charge in [-0.05, 0) is 0 Å². The molecule has 50 valence electrons. The van der Waals surface area contributed by atoms with Crippen molar-refractivity contribution in [2.45, 2.75) is 20.8 Å². The van der Waals surface area contributed by atoms with Crippen LogP contribution in [0.1, 0.15) is 20.8 Å². The van der Waals surface area contributed by atoms with E-state index in [-0.39, 0.29) is 0 Å². The molecular weight excluding hydrogens is 282 g/mol. The first-order valence-corrected chi connectivity index (χ1v) is 4.13. The maximum absolute atomic E-state index is 5.59. The fourth-order valence-corrected chi connectivity index (χ4v) is 0.849. The normalized spacial score (nSPS) is 11.3. The van der Waals surface area contributed by atoms with Gasteiger partial charge >= 0.3 is 67.9 Å². The molecule has 0 aliphatic carbocycles. The van der Waals surface area contributed by atoms with Crippen LogP contribution in [0.25, 0.3) is 0 Å². The Bertz CT molecular complexity index is 138. The quantitative estimate of drug-likeness (QED) is 0.549. The van der Waals surface area contributed by atoms with Crippen molar-refractivity contribution in [3.05, 3.63) is 18.8 Å². The average Bonchev–Trinajstić information content (AvgIpc) is 1.84. The fraction of sp³-hybridized carbons (Fsp3) is 0.429. The summed E-state index contributed by atoms with van der Waals surface area (Å²) in [5.74, 6) is 0. The first-order chi connectivity index (χ1) is 4.09. The van der Waals surface area contributed by atoms with Crippen LogP contribution < -0.4 is 0 Å². The Kier molecular flexibility index (Phi) is 4.05. The SMILES string of the molecule is [CH]N([C](C)=[W])C(C)=[C-]C. The number of rotatable bonds is 2. The molecule has 1 nitrogen and oxygen atoms in total. The zero-order valence-corrected chi connectivity index (χ0v) is 8.87. The van der Waals surface area contributed by atoms with Crippen LogP contribution in [0.4, 0.5) is 0 Å². The molecule has 2 heteroatoms. The third-order valence-corrected chi connectivity index (χ3v) is 1.77. The predicted molar refractivity (Wildman–Crippen MR) is 34.9 cm³/mol. The van der Waals surface area contributed by atoms with Gasteiger partial charge in [0.2, 0.25) is 0 Å². The van der Waals surface area contributed by atoms with Crippen molar-refractivity contribution in [3.63, 3.8) is 0 Å². The number of hydrogen-bond donors (Lipinski definition) is 0. The van der Waals surface area contributed by atoms with Gasteiger partial charge in [0.15, 0.2) is 0 Å². The van der Waals surface area contributed by atoms with Crippen LogP contribution in [0.15, 0.2) is 5.70 Å². The summed E-state index contributed by atoms with van der Waals surface area (Å²) in [5.41, 5.74) is 0.975. The summed E-state index contributed by atoms with van der Waals surface area (Å²) in [4.78, 5) is 1.65. The van der Waals surface area contributed by atoms with E-state index in [0.29, 0.717) is 0 Å². The zero-order chi connectivity index (χ0) is 7.44.